The van der Waals surface area contributed by atoms with Crippen LogP contribution in [0.3, 0.4) is 0 Å². The summed E-state index contributed by atoms with van der Waals surface area (Å²) in [7, 11) is 1.68. The van der Waals surface area contributed by atoms with E-state index in [1.165, 1.54) is 25.7 Å². The first-order valence-electron chi connectivity index (χ1n) is 7.32. The Hall–Kier alpha value is -1.22. The van der Waals surface area contributed by atoms with Gasteiger partial charge in [-0.3, -0.25) is 0 Å². The average Bonchev–Trinajstić information content (AvgIpc) is 2.44. The van der Waals surface area contributed by atoms with Gasteiger partial charge in [0.2, 0.25) is 0 Å². The summed E-state index contributed by atoms with van der Waals surface area (Å²) in [6.45, 7) is 6.78. The molecular formula is C16H27NO2. The van der Waals surface area contributed by atoms with Crippen molar-refractivity contribution in [3.63, 3.8) is 0 Å². The molecule has 0 saturated carbocycles. The van der Waals surface area contributed by atoms with Crippen LogP contribution in [0.25, 0.3) is 0 Å². The van der Waals surface area contributed by atoms with Gasteiger partial charge >= 0.3 is 0 Å². The molecule has 108 valence electrons. The fraction of sp³-hybridized carbons (Fsp3) is 0.625. The van der Waals surface area contributed by atoms with Crippen LogP contribution in [-0.4, -0.2) is 20.3 Å². The molecule has 1 rings (SSSR count). The molecule has 1 N–H and O–H groups in total. The first-order chi connectivity index (χ1) is 9.33. The molecule has 0 amide bonds. The standard InChI is InChI=1S/C16H27NO2/c1-4-6-7-8-12-17-13-14-10-9-11-15(18-3)16(14)19-5-2/h9-11,17H,4-8,12-13H2,1-3H3. The maximum atomic E-state index is 5.69. The average molecular weight is 265 g/mol. The Morgan fingerprint density at radius 1 is 1.11 bits per heavy atom. The van der Waals surface area contributed by atoms with E-state index < -0.39 is 0 Å². The molecule has 0 aliphatic carbocycles. The molecule has 0 aromatic heterocycles. The Kier molecular flexibility index (Phi) is 8.07. The SMILES string of the molecule is CCCCCCNCc1cccc(OC)c1OCC. The lowest BCUT2D eigenvalue weighted by molar-refractivity contribution is 0.306. The summed E-state index contributed by atoms with van der Waals surface area (Å²) in [4.78, 5) is 0. The summed E-state index contributed by atoms with van der Waals surface area (Å²) in [6, 6.07) is 6.04. The molecule has 0 spiro atoms. The lowest BCUT2D eigenvalue weighted by Crippen LogP contribution is -2.15. The third kappa shape index (κ3) is 5.52. The zero-order valence-corrected chi connectivity index (χ0v) is 12.5. The van der Waals surface area contributed by atoms with Crippen LogP contribution in [0.2, 0.25) is 0 Å². The van der Waals surface area contributed by atoms with Gasteiger partial charge in [0.25, 0.3) is 0 Å². The minimum absolute atomic E-state index is 0.657. The van der Waals surface area contributed by atoms with E-state index in [4.69, 9.17) is 9.47 Å². The Morgan fingerprint density at radius 3 is 2.63 bits per heavy atom. The third-order valence-corrected chi connectivity index (χ3v) is 3.09. The number of hydrogen-bond acceptors (Lipinski definition) is 3. The Bertz CT molecular complexity index is 353. The number of rotatable bonds is 10. The topological polar surface area (TPSA) is 30.5 Å². The molecule has 0 aliphatic rings. The van der Waals surface area contributed by atoms with Crippen LogP contribution in [0.1, 0.15) is 45.1 Å². The van der Waals surface area contributed by atoms with E-state index in [1.54, 1.807) is 7.11 Å². The summed E-state index contributed by atoms with van der Waals surface area (Å²) in [6.07, 6.45) is 5.15. The molecule has 0 unspecified atom stereocenters. The van der Waals surface area contributed by atoms with E-state index >= 15 is 0 Å². The molecule has 0 atom stereocenters. The number of unbranched alkanes of at least 4 members (excludes halogenated alkanes) is 3. The van der Waals surface area contributed by atoms with Crippen LogP contribution in [-0.2, 0) is 6.54 Å². The molecule has 1 aromatic rings. The Morgan fingerprint density at radius 2 is 1.95 bits per heavy atom. The number of para-hydroxylation sites is 1. The molecular weight excluding hydrogens is 238 g/mol. The fourth-order valence-corrected chi connectivity index (χ4v) is 2.07. The van der Waals surface area contributed by atoms with Crippen molar-refractivity contribution < 1.29 is 9.47 Å². The molecule has 19 heavy (non-hydrogen) atoms. The monoisotopic (exact) mass is 265 g/mol. The predicted octanol–water partition coefficient (Wildman–Crippen LogP) is 3.76. The van der Waals surface area contributed by atoms with Gasteiger partial charge < -0.3 is 14.8 Å². The molecule has 0 fully saturated rings. The smallest absolute Gasteiger partial charge is 0.165 e. The van der Waals surface area contributed by atoms with Crippen molar-refractivity contribution in [2.45, 2.75) is 46.1 Å². The lowest BCUT2D eigenvalue weighted by Gasteiger charge is -2.14. The van der Waals surface area contributed by atoms with Crippen LogP contribution in [0.15, 0.2) is 18.2 Å². The molecule has 3 heteroatoms. The highest BCUT2D eigenvalue weighted by atomic mass is 16.5. The predicted molar refractivity (Wildman–Crippen MR) is 80.0 cm³/mol. The highest BCUT2D eigenvalue weighted by molar-refractivity contribution is 5.46. The highest BCUT2D eigenvalue weighted by Crippen LogP contribution is 2.30. The first-order valence-corrected chi connectivity index (χ1v) is 7.32. The minimum Gasteiger partial charge on any atom is -0.493 e. The second-order valence-electron chi connectivity index (χ2n) is 4.62. The van der Waals surface area contributed by atoms with Gasteiger partial charge in [0.1, 0.15) is 0 Å². The van der Waals surface area contributed by atoms with Crippen molar-refractivity contribution in [2.24, 2.45) is 0 Å². The summed E-state index contributed by atoms with van der Waals surface area (Å²) >= 11 is 0. The van der Waals surface area contributed by atoms with E-state index in [0.717, 1.165) is 30.2 Å². The van der Waals surface area contributed by atoms with Crippen LogP contribution < -0.4 is 14.8 Å². The van der Waals surface area contributed by atoms with E-state index in [1.807, 2.05) is 19.1 Å². The lowest BCUT2D eigenvalue weighted by atomic mass is 10.1. The van der Waals surface area contributed by atoms with Crippen molar-refractivity contribution in [2.75, 3.05) is 20.3 Å². The number of methoxy groups -OCH3 is 1. The summed E-state index contributed by atoms with van der Waals surface area (Å²) in [5, 5.41) is 3.48. The zero-order chi connectivity index (χ0) is 13.9. The van der Waals surface area contributed by atoms with E-state index in [-0.39, 0.29) is 0 Å². The molecule has 0 saturated heterocycles. The fourth-order valence-electron chi connectivity index (χ4n) is 2.07. The van der Waals surface area contributed by atoms with Crippen LogP contribution in [0, 0.1) is 0 Å². The van der Waals surface area contributed by atoms with Gasteiger partial charge in [-0.25, -0.2) is 0 Å². The maximum absolute atomic E-state index is 5.69. The van der Waals surface area contributed by atoms with Gasteiger partial charge in [-0.15, -0.1) is 0 Å². The molecule has 1 aromatic carbocycles. The van der Waals surface area contributed by atoms with E-state index in [2.05, 4.69) is 18.3 Å². The first kappa shape index (κ1) is 15.8. The second-order valence-corrected chi connectivity index (χ2v) is 4.62. The Labute approximate surface area is 117 Å². The van der Waals surface area contributed by atoms with Gasteiger partial charge in [-0.05, 0) is 26.0 Å². The third-order valence-electron chi connectivity index (χ3n) is 3.09. The van der Waals surface area contributed by atoms with Gasteiger partial charge in [0.15, 0.2) is 11.5 Å². The van der Waals surface area contributed by atoms with Crippen LogP contribution >= 0.6 is 0 Å². The van der Waals surface area contributed by atoms with Crippen molar-refractivity contribution in [1.29, 1.82) is 0 Å². The number of nitrogens with one attached hydrogen (secondary N) is 1. The molecule has 0 radical (unpaired) electrons. The van der Waals surface area contributed by atoms with Gasteiger partial charge in [-0.1, -0.05) is 38.3 Å². The van der Waals surface area contributed by atoms with Crippen molar-refractivity contribution in [1.82, 2.24) is 5.32 Å². The summed E-state index contributed by atoms with van der Waals surface area (Å²) in [5.74, 6) is 1.68. The molecule has 0 aliphatic heterocycles. The Balaban J connectivity index is 2.47. The number of benzene rings is 1. The molecule has 3 nitrogen and oxygen atoms in total. The van der Waals surface area contributed by atoms with Gasteiger partial charge in [0, 0.05) is 12.1 Å². The quantitative estimate of drug-likeness (QED) is 0.653. The van der Waals surface area contributed by atoms with E-state index in [0.29, 0.717) is 6.61 Å². The number of hydrogen-bond donors (Lipinski definition) is 1. The molecule has 0 heterocycles. The molecule has 0 bridgehead atoms. The maximum Gasteiger partial charge on any atom is 0.165 e. The van der Waals surface area contributed by atoms with Gasteiger partial charge in [0.05, 0.1) is 13.7 Å². The summed E-state index contributed by atoms with van der Waals surface area (Å²) < 4.78 is 11.0. The highest BCUT2D eigenvalue weighted by Gasteiger charge is 2.09. The second kappa shape index (κ2) is 9.68. The van der Waals surface area contributed by atoms with Gasteiger partial charge in [-0.2, -0.15) is 0 Å². The minimum atomic E-state index is 0.657. The van der Waals surface area contributed by atoms with Crippen LogP contribution in [0.4, 0.5) is 0 Å². The van der Waals surface area contributed by atoms with Crippen LogP contribution in [0.5, 0.6) is 11.5 Å². The van der Waals surface area contributed by atoms with E-state index in [9.17, 15) is 0 Å². The normalized spacial score (nSPS) is 10.5. The van der Waals surface area contributed by atoms with Crippen molar-refractivity contribution >= 4 is 0 Å². The summed E-state index contributed by atoms with van der Waals surface area (Å²) in [5.41, 5.74) is 1.16. The largest absolute Gasteiger partial charge is 0.493 e. The zero-order valence-electron chi connectivity index (χ0n) is 12.5. The van der Waals surface area contributed by atoms with Crippen molar-refractivity contribution in [3.05, 3.63) is 23.8 Å². The number of ether oxygens (including phenoxy) is 2. The van der Waals surface area contributed by atoms with Crippen molar-refractivity contribution in [3.8, 4) is 11.5 Å².